The molecule has 1 saturated heterocycles. The van der Waals surface area contributed by atoms with Crippen molar-refractivity contribution in [1.82, 2.24) is 19.2 Å². The number of amides is 2. The molecule has 1 aliphatic rings. The molecule has 1 fully saturated rings. The zero-order valence-corrected chi connectivity index (χ0v) is 24.4. The predicted molar refractivity (Wildman–Crippen MR) is 154 cm³/mol. The van der Waals surface area contributed by atoms with Crippen LogP contribution in [-0.2, 0) is 21.2 Å². The minimum absolute atomic E-state index is 0.0367. The van der Waals surface area contributed by atoms with E-state index in [4.69, 9.17) is 11.6 Å². The molecular formula is C27H25ClFN5O5S2. The molecule has 0 aliphatic carbocycles. The third kappa shape index (κ3) is 6.02. The van der Waals surface area contributed by atoms with Gasteiger partial charge in [-0.25, -0.2) is 17.8 Å². The van der Waals surface area contributed by atoms with E-state index >= 15 is 0 Å². The molecule has 4 aromatic rings. The molecular weight excluding hydrogens is 593 g/mol. The fourth-order valence-electron chi connectivity index (χ4n) is 4.92. The second-order valence-electron chi connectivity index (χ2n) is 9.90. The number of ketones is 1. The van der Waals surface area contributed by atoms with Crippen molar-refractivity contribution in [3.05, 3.63) is 76.1 Å². The van der Waals surface area contributed by atoms with Crippen molar-refractivity contribution in [3.8, 4) is 0 Å². The molecule has 2 N–H and O–H groups in total. The molecule has 214 valence electrons. The average molecular weight is 618 g/mol. The number of halogens is 2. The topological polar surface area (TPSA) is 140 Å². The molecule has 14 heteroatoms. The Labute approximate surface area is 244 Å². The molecule has 1 aliphatic heterocycles. The minimum Gasteiger partial charge on any atom is -0.346 e. The summed E-state index contributed by atoms with van der Waals surface area (Å²) in [6, 6.07) is 10.4. The normalized spacial score (nSPS) is 16.9. The highest BCUT2D eigenvalue weighted by Gasteiger charge is 2.33. The predicted octanol–water partition coefficient (Wildman–Crippen LogP) is 4.20. The number of nitrogens with one attached hydrogen (secondary N) is 2. The van der Waals surface area contributed by atoms with Crippen molar-refractivity contribution >= 4 is 66.5 Å². The molecule has 2 atom stereocenters. The first kappa shape index (κ1) is 28.8. The third-order valence-corrected chi connectivity index (χ3v) is 9.76. The number of carbonyl (C=O) groups excluding carboxylic acids is 3. The fraction of sp³-hybridized carbons (Fsp3) is 0.296. The van der Waals surface area contributed by atoms with Gasteiger partial charge in [0.1, 0.15) is 17.3 Å². The number of imidazole rings is 1. The number of fused-ring (bicyclic) bond motifs is 1. The summed E-state index contributed by atoms with van der Waals surface area (Å²) in [6.45, 7) is 2.72. The Hall–Kier alpha value is -3.68. The van der Waals surface area contributed by atoms with Gasteiger partial charge in [0.2, 0.25) is 5.82 Å². The second kappa shape index (κ2) is 11.3. The van der Waals surface area contributed by atoms with E-state index in [1.54, 1.807) is 19.1 Å². The summed E-state index contributed by atoms with van der Waals surface area (Å²) in [4.78, 5) is 43.7. The second-order valence-corrected chi connectivity index (χ2v) is 13.3. The molecule has 10 nitrogen and oxygen atoms in total. The summed E-state index contributed by atoms with van der Waals surface area (Å²) in [7, 11) is -3.28. The quantitative estimate of drug-likeness (QED) is 0.302. The summed E-state index contributed by atoms with van der Waals surface area (Å²) in [6.07, 6.45) is 0.240. The molecule has 5 rings (SSSR count). The van der Waals surface area contributed by atoms with Crippen LogP contribution < -0.4 is 10.6 Å². The van der Waals surface area contributed by atoms with Crippen molar-refractivity contribution in [2.75, 3.05) is 16.8 Å². The molecule has 0 spiro atoms. The molecule has 2 aromatic heterocycles. The number of anilines is 1. The van der Waals surface area contributed by atoms with Gasteiger partial charge in [0, 0.05) is 22.4 Å². The van der Waals surface area contributed by atoms with Crippen LogP contribution in [0.2, 0.25) is 5.02 Å². The number of rotatable bonds is 8. The van der Waals surface area contributed by atoms with Gasteiger partial charge in [-0.1, -0.05) is 36.7 Å². The van der Waals surface area contributed by atoms with Crippen LogP contribution in [0.15, 0.2) is 42.5 Å². The monoisotopic (exact) mass is 617 g/mol. The lowest BCUT2D eigenvalue weighted by molar-refractivity contribution is -0.117. The highest BCUT2D eigenvalue weighted by molar-refractivity contribution is 7.91. The van der Waals surface area contributed by atoms with Crippen LogP contribution in [0.3, 0.4) is 0 Å². The Morgan fingerprint density at radius 2 is 1.95 bits per heavy atom. The van der Waals surface area contributed by atoms with Crippen LogP contribution in [0.25, 0.3) is 10.1 Å². The lowest BCUT2D eigenvalue weighted by Gasteiger charge is -2.19. The van der Waals surface area contributed by atoms with E-state index < -0.39 is 39.4 Å². The lowest BCUT2D eigenvalue weighted by Crippen LogP contribution is -2.37. The minimum atomic E-state index is -3.28. The third-order valence-electron chi connectivity index (χ3n) is 6.82. The molecule has 0 radical (unpaired) electrons. The highest BCUT2D eigenvalue weighted by Crippen LogP contribution is 2.36. The van der Waals surface area contributed by atoms with Crippen LogP contribution in [0.4, 0.5) is 10.2 Å². The first-order valence-corrected chi connectivity index (χ1v) is 15.6. The van der Waals surface area contributed by atoms with Crippen LogP contribution >= 0.6 is 23.1 Å². The summed E-state index contributed by atoms with van der Waals surface area (Å²) in [5.74, 6) is -3.42. The molecule has 41 heavy (non-hydrogen) atoms. The maximum atomic E-state index is 14.3. The molecule has 0 unspecified atom stereocenters. The maximum Gasteiger partial charge on any atom is 0.287 e. The van der Waals surface area contributed by atoms with Gasteiger partial charge in [0.15, 0.2) is 15.7 Å². The first-order valence-electron chi connectivity index (χ1n) is 12.7. The Bertz CT molecular complexity index is 1800. The SMILES string of the molecule is CC(=O)Cn1c(C(=O)N[C@@H]2CCS(=O)(=O)C2)nc(NC(=O)c2nsc3ccccc23)c1[C@H](C)c1cc(F)ccc1Cl. The molecule has 0 bridgehead atoms. The molecule has 2 aromatic carbocycles. The molecule has 0 saturated carbocycles. The van der Waals surface area contributed by atoms with Crippen LogP contribution in [0.5, 0.6) is 0 Å². The molecule has 3 heterocycles. The number of sulfone groups is 1. The molecule has 2 amide bonds. The van der Waals surface area contributed by atoms with Gasteiger partial charge in [-0.2, -0.15) is 4.37 Å². The lowest BCUT2D eigenvalue weighted by atomic mass is 9.96. The van der Waals surface area contributed by atoms with Crippen LogP contribution in [0, 0.1) is 5.82 Å². The maximum absolute atomic E-state index is 14.3. The van der Waals surface area contributed by atoms with Gasteiger partial charge in [0.05, 0.1) is 28.4 Å². The Balaban J connectivity index is 1.61. The van der Waals surface area contributed by atoms with E-state index in [1.807, 2.05) is 12.1 Å². The summed E-state index contributed by atoms with van der Waals surface area (Å²) in [5.41, 5.74) is 0.737. The smallest absolute Gasteiger partial charge is 0.287 e. The van der Waals surface area contributed by atoms with E-state index in [1.165, 1.54) is 29.7 Å². The van der Waals surface area contributed by atoms with E-state index in [0.717, 1.165) is 16.2 Å². The average Bonchev–Trinajstić information content (AvgIpc) is 3.59. The van der Waals surface area contributed by atoms with Crippen LogP contribution in [0.1, 0.15) is 58.6 Å². The van der Waals surface area contributed by atoms with E-state index in [-0.39, 0.29) is 58.3 Å². The van der Waals surface area contributed by atoms with E-state index in [0.29, 0.717) is 10.9 Å². The summed E-state index contributed by atoms with van der Waals surface area (Å²) >= 11 is 7.57. The van der Waals surface area contributed by atoms with Crippen molar-refractivity contribution in [2.45, 2.75) is 38.8 Å². The van der Waals surface area contributed by atoms with Crippen molar-refractivity contribution in [1.29, 1.82) is 0 Å². The largest absolute Gasteiger partial charge is 0.346 e. The zero-order valence-electron chi connectivity index (χ0n) is 22.0. The van der Waals surface area contributed by atoms with Gasteiger partial charge >= 0.3 is 0 Å². The number of carbonyl (C=O) groups is 3. The van der Waals surface area contributed by atoms with E-state index in [2.05, 4.69) is 20.0 Å². The zero-order chi connectivity index (χ0) is 29.5. The number of Topliss-reactive ketones (excluding diaryl/α,β-unsaturated/α-hetero) is 1. The first-order chi connectivity index (χ1) is 19.4. The van der Waals surface area contributed by atoms with Crippen molar-refractivity contribution in [3.63, 3.8) is 0 Å². The highest BCUT2D eigenvalue weighted by atomic mass is 35.5. The summed E-state index contributed by atoms with van der Waals surface area (Å²) in [5, 5.41) is 6.28. The van der Waals surface area contributed by atoms with E-state index in [9.17, 15) is 27.2 Å². The Morgan fingerprint density at radius 1 is 1.20 bits per heavy atom. The standard InChI is InChI=1S/C27H25ClFN5O5S2/c1-14(35)12-34-23(15(2)19-11-16(29)7-8-20(19)28)24(31-25(34)27(37)30-17-9-10-41(38,39)13-17)32-26(36)22-18-5-3-4-6-21(18)40-33-22/h3-8,11,15,17H,9-10,12-13H2,1-2H3,(H,30,37)(H,32,36)/t15-,17-/m1/s1. The van der Waals surface area contributed by atoms with Gasteiger partial charge in [0.25, 0.3) is 11.8 Å². The fourth-order valence-corrected chi connectivity index (χ4v) is 7.65. The van der Waals surface area contributed by atoms with Crippen molar-refractivity contribution in [2.24, 2.45) is 0 Å². The number of hydrogen-bond donors (Lipinski definition) is 2. The number of nitrogens with zero attached hydrogens (tertiary/aromatic N) is 3. The number of hydrogen-bond acceptors (Lipinski definition) is 8. The van der Waals surface area contributed by atoms with Crippen LogP contribution in [-0.4, -0.2) is 57.5 Å². The Kier molecular flexibility index (Phi) is 7.95. The Morgan fingerprint density at radius 3 is 2.66 bits per heavy atom. The summed E-state index contributed by atoms with van der Waals surface area (Å²) < 4.78 is 44.6. The number of aromatic nitrogens is 3. The van der Waals surface area contributed by atoms with Gasteiger partial charge in [-0.15, -0.1) is 0 Å². The van der Waals surface area contributed by atoms with Gasteiger partial charge in [-0.05, 0) is 54.7 Å². The number of benzene rings is 2. The van der Waals surface area contributed by atoms with Gasteiger partial charge in [-0.3, -0.25) is 14.4 Å². The van der Waals surface area contributed by atoms with Crippen molar-refractivity contribution < 1.29 is 27.2 Å². The van der Waals surface area contributed by atoms with Gasteiger partial charge < -0.3 is 15.2 Å².